The predicted octanol–water partition coefficient (Wildman–Crippen LogP) is -1.57. The Balaban J connectivity index is 1.61. The van der Waals surface area contributed by atoms with Crippen LogP contribution in [0.5, 0.6) is 6.01 Å². The van der Waals surface area contributed by atoms with Gasteiger partial charge in [0.25, 0.3) is 0 Å². The van der Waals surface area contributed by atoms with E-state index in [1.54, 1.807) is 6.92 Å². The first-order chi connectivity index (χ1) is 18.0. The van der Waals surface area contributed by atoms with Crippen LogP contribution in [-0.4, -0.2) is 117 Å². The van der Waals surface area contributed by atoms with Gasteiger partial charge in [-0.25, -0.2) is 4.68 Å². The van der Waals surface area contributed by atoms with Crippen LogP contribution in [0.25, 0.3) is 11.0 Å². The summed E-state index contributed by atoms with van der Waals surface area (Å²) < 4.78 is 29.4. The highest BCUT2D eigenvalue weighted by molar-refractivity contribution is 7.53. The number of hydrogen-bond donors (Lipinski definition) is 8. The molecule has 3 heterocycles. The van der Waals surface area contributed by atoms with Crippen LogP contribution in [-0.2, 0) is 14.0 Å². The third-order valence-corrected chi connectivity index (χ3v) is 8.18. The minimum Gasteiger partial charge on any atom is -0.461 e. The molecule has 1 aliphatic carbocycles. The summed E-state index contributed by atoms with van der Waals surface area (Å²) in [5.74, 6) is 0.444. The molecule has 38 heavy (non-hydrogen) atoms. The summed E-state index contributed by atoms with van der Waals surface area (Å²) in [5.41, 5.74) is 0.203. The Hall–Kier alpha value is -1.98. The molecule has 0 bridgehead atoms. The normalized spacial score (nSPS) is 25.8. The van der Waals surface area contributed by atoms with Gasteiger partial charge in [-0.2, -0.15) is 15.1 Å². The standard InChI is InChI=1S/C21H34N5O11P/c1-11(29)7-35-20-24-17(23-12-4-2-3-5-12)13-6-22-26(18(13)25-20)19-16(31)15(30)14(37-19)8-36-21(9-27,10-28)38(32,33)34/h6,11-12,14-16,19,27-31H,2-5,7-10H2,1H3,(H,23,24,25)(H2,32,33,34)/t11-,14+,15+,16-,19+/m0/s1. The highest BCUT2D eigenvalue weighted by Crippen LogP contribution is 2.51. The van der Waals surface area contributed by atoms with Crippen molar-refractivity contribution >= 4 is 24.4 Å². The first kappa shape index (κ1) is 29.0. The van der Waals surface area contributed by atoms with Gasteiger partial charge in [-0.3, -0.25) is 4.57 Å². The highest BCUT2D eigenvalue weighted by atomic mass is 31.2. The van der Waals surface area contributed by atoms with Crippen molar-refractivity contribution in [3.8, 4) is 6.01 Å². The second-order valence-corrected chi connectivity index (χ2v) is 11.5. The SMILES string of the molecule is C[C@H](O)COc1nc(NC2CCCC2)c2cnn([C@@H]3O[C@H](COC(CO)(CO)P(=O)(O)O)[C@@H](O)[C@@H]3O)c2n1. The van der Waals surface area contributed by atoms with Crippen LogP contribution in [0.1, 0.15) is 38.8 Å². The lowest BCUT2D eigenvalue weighted by Gasteiger charge is -2.31. The molecule has 16 nitrogen and oxygen atoms in total. The van der Waals surface area contributed by atoms with Gasteiger partial charge < -0.3 is 54.8 Å². The molecule has 4 rings (SSSR count). The molecule has 2 aromatic rings. The van der Waals surface area contributed by atoms with E-state index in [0.717, 1.165) is 25.7 Å². The summed E-state index contributed by atoms with van der Waals surface area (Å²) in [5, 5.41) is 55.4. The number of ether oxygens (including phenoxy) is 3. The van der Waals surface area contributed by atoms with Crippen LogP contribution in [0.3, 0.4) is 0 Å². The van der Waals surface area contributed by atoms with Crippen LogP contribution >= 0.6 is 7.60 Å². The van der Waals surface area contributed by atoms with Crippen LogP contribution in [0, 0.1) is 0 Å². The third kappa shape index (κ3) is 5.79. The smallest absolute Gasteiger partial charge is 0.361 e. The Kier molecular flexibility index (Phi) is 8.88. The number of aliphatic hydroxyl groups is 5. The molecule has 0 amide bonds. The molecule has 214 valence electrons. The van der Waals surface area contributed by atoms with Crippen molar-refractivity contribution < 1.29 is 54.1 Å². The Bertz CT molecular complexity index is 1130. The topological polar surface area (TPSA) is 242 Å². The monoisotopic (exact) mass is 563 g/mol. The molecule has 1 saturated heterocycles. The van der Waals surface area contributed by atoms with E-state index in [-0.39, 0.29) is 24.3 Å². The molecular weight excluding hydrogens is 529 g/mol. The van der Waals surface area contributed by atoms with Crippen molar-refractivity contribution in [1.29, 1.82) is 0 Å². The van der Waals surface area contributed by atoms with Gasteiger partial charge in [0.2, 0.25) is 5.34 Å². The van der Waals surface area contributed by atoms with E-state index >= 15 is 0 Å². The number of nitrogens with zero attached hydrogens (tertiary/aromatic N) is 4. The number of aliphatic hydroxyl groups excluding tert-OH is 5. The second kappa shape index (κ2) is 11.6. The van der Waals surface area contributed by atoms with E-state index in [0.29, 0.717) is 11.2 Å². The molecule has 1 aliphatic heterocycles. The van der Waals surface area contributed by atoms with Crippen molar-refractivity contribution in [2.75, 3.05) is 31.7 Å². The number of nitrogens with one attached hydrogen (secondary N) is 1. The number of anilines is 1. The number of hydrogen-bond acceptors (Lipinski definition) is 13. The molecular formula is C21H34N5O11P. The first-order valence-electron chi connectivity index (χ1n) is 12.2. The summed E-state index contributed by atoms with van der Waals surface area (Å²) in [7, 11) is -5.13. The van der Waals surface area contributed by atoms with E-state index in [1.807, 2.05) is 0 Å². The van der Waals surface area contributed by atoms with E-state index in [2.05, 4.69) is 20.4 Å². The highest BCUT2D eigenvalue weighted by Gasteiger charge is 2.51. The maximum atomic E-state index is 11.8. The zero-order chi connectivity index (χ0) is 27.7. The summed E-state index contributed by atoms with van der Waals surface area (Å²) in [6.45, 7) is -1.60. The molecule has 8 N–H and O–H groups in total. The van der Waals surface area contributed by atoms with Crippen molar-refractivity contribution in [3.05, 3.63) is 6.20 Å². The van der Waals surface area contributed by atoms with Crippen molar-refractivity contribution in [3.63, 3.8) is 0 Å². The van der Waals surface area contributed by atoms with Gasteiger partial charge in [0, 0.05) is 6.04 Å². The molecule has 17 heteroatoms. The van der Waals surface area contributed by atoms with Crippen LogP contribution in [0.4, 0.5) is 5.82 Å². The van der Waals surface area contributed by atoms with E-state index < -0.39 is 63.4 Å². The van der Waals surface area contributed by atoms with Crippen molar-refractivity contribution in [2.24, 2.45) is 0 Å². The summed E-state index contributed by atoms with van der Waals surface area (Å²) in [4.78, 5) is 27.8. The summed E-state index contributed by atoms with van der Waals surface area (Å²) in [6, 6.07) is 0.135. The fraction of sp³-hybridized carbons (Fsp3) is 0.762. The molecule has 5 atom stereocenters. The zero-order valence-corrected chi connectivity index (χ0v) is 21.6. The largest absolute Gasteiger partial charge is 0.461 e. The molecule has 0 unspecified atom stereocenters. The zero-order valence-electron chi connectivity index (χ0n) is 20.7. The van der Waals surface area contributed by atoms with Crippen molar-refractivity contribution in [1.82, 2.24) is 19.7 Å². The fourth-order valence-corrected chi connectivity index (χ4v) is 5.05. The lowest BCUT2D eigenvalue weighted by Crippen LogP contribution is -2.44. The van der Waals surface area contributed by atoms with Crippen LogP contribution in [0.2, 0.25) is 0 Å². The third-order valence-electron chi connectivity index (χ3n) is 6.70. The molecule has 1 saturated carbocycles. The Morgan fingerprint density at radius 2 is 1.89 bits per heavy atom. The number of aromatic nitrogens is 4. The van der Waals surface area contributed by atoms with E-state index in [1.165, 1.54) is 10.9 Å². The Morgan fingerprint density at radius 1 is 1.21 bits per heavy atom. The summed E-state index contributed by atoms with van der Waals surface area (Å²) in [6.07, 6.45) is -0.958. The fourth-order valence-electron chi connectivity index (χ4n) is 4.44. The quantitative estimate of drug-likeness (QED) is 0.136. The maximum Gasteiger partial charge on any atom is 0.361 e. The Labute approximate surface area is 217 Å². The van der Waals surface area contributed by atoms with Crippen LogP contribution in [0.15, 0.2) is 6.20 Å². The van der Waals surface area contributed by atoms with Gasteiger partial charge in [-0.1, -0.05) is 12.8 Å². The van der Waals surface area contributed by atoms with E-state index in [4.69, 9.17) is 14.2 Å². The number of fused-ring (bicyclic) bond motifs is 1. The Morgan fingerprint density at radius 3 is 2.50 bits per heavy atom. The molecule has 2 fully saturated rings. The molecule has 2 aromatic heterocycles. The second-order valence-electron chi connectivity index (χ2n) is 9.63. The van der Waals surface area contributed by atoms with Crippen LogP contribution < -0.4 is 10.1 Å². The molecule has 2 aliphatic rings. The number of rotatable bonds is 12. The minimum atomic E-state index is -5.13. The minimum absolute atomic E-state index is 0.0501. The van der Waals surface area contributed by atoms with E-state index in [9.17, 15) is 39.9 Å². The maximum absolute atomic E-state index is 11.8. The van der Waals surface area contributed by atoms with Gasteiger partial charge in [0.1, 0.15) is 30.7 Å². The lowest BCUT2D eigenvalue weighted by molar-refractivity contribution is -0.121. The molecule has 0 aromatic carbocycles. The molecule has 0 radical (unpaired) electrons. The van der Waals surface area contributed by atoms with Gasteiger partial charge in [0.15, 0.2) is 11.9 Å². The van der Waals surface area contributed by atoms with Crippen molar-refractivity contribution in [2.45, 2.75) is 74.6 Å². The van der Waals surface area contributed by atoms with Gasteiger partial charge >= 0.3 is 13.6 Å². The van der Waals surface area contributed by atoms with Gasteiger partial charge in [-0.15, -0.1) is 0 Å². The summed E-state index contributed by atoms with van der Waals surface area (Å²) >= 11 is 0. The first-order valence-corrected chi connectivity index (χ1v) is 13.9. The average Bonchev–Trinajstić information content (AvgIpc) is 3.59. The molecule has 0 spiro atoms. The predicted molar refractivity (Wildman–Crippen MR) is 129 cm³/mol. The average molecular weight is 564 g/mol. The van der Waals surface area contributed by atoms with Gasteiger partial charge in [0.05, 0.1) is 37.5 Å². The lowest BCUT2D eigenvalue weighted by atomic mass is 10.1. The van der Waals surface area contributed by atoms with Gasteiger partial charge in [-0.05, 0) is 19.8 Å².